The second kappa shape index (κ2) is 6.16. The summed E-state index contributed by atoms with van der Waals surface area (Å²) in [6.07, 6.45) is 2.50. The first-order chi connectivity index (χ1) is 11.4. The topological polar surface area (TPSA) is 92.2 Å². The van der Waals surface area contributed by atoms with Gasteiger partial charge in [0.1, 0.15) is 5.76 Å². The lowest BCUT2D eigenvalue weighted by molar-refractivity contribution is -0.114. The zero-order valence-electron chi connectivity index (χ0n) is 13.6. The number of amides is 1. The molecular formula is C17H17N3O3S. The molecule has 3 rings (SSSR count). The summed E-state index contributed by atoms with van der Waals surface area (Å²) in [7, 11) is 0. The number of carbonyl (C=O) groups excluding carboxylic acids is 2. The van der Waals surface area contributed by atoms with Gasteiger partial charge in [0.15, 0.2) is 10.9 Å². The van der Waals surface area contributed by atoms with E-state index in [1.165, 1.54) is 24.5 Å². The molecular weight excluding hydrogens is 326 g/mol. The van der Waals surface area contributed by atoms with Gasteiger partial charge in [-0.3, -0.25) is 14.6 Å². The maximum absolute atomic E-state index is 12.7. The van der Waals surface area contributed by atoms with Gasteiger partial charge in [0, 0.05) is 30.0 Å². The number of pyridine rings is 1. The van der Waals surface area contributed by atoms with Crippen LogP contribution >= 0.6 is 11.3 Å². The Hall–Kier alpha value is -2.54. The van der Waals surface area contributed by atoms with Crippen molar-refractivity contribution in [3.63, 3.8) is 0 Å². The lowest BCUT2D eigenvalue weighted by atomic mass is 9.93. The molecule has 0 radical (unpaired) electrons. The van der Waals surface area contributed by atoms with Crippen molar-refractivity contribution >= 4 is 33.9 Å². The first-order valence-corrected chi connectivity index (χ1v) is 8.36. The lowest BCUT2D eigenvalue weighted by Gasteiger charge is -2.15. The molecule has 124 valence electrons. The summed E-state index contributed by atoms with van der Waals surface area (Å²) in [5.74, 6) is -0.487. The summed E-state index contributed by atoms with van der Waals surface area (Å²) < 4.78 is 0. The molecule has 0 aromatic carbocycles. The average Bonchev–Trinajstić information content (AvgIpc) is 2.92. The van der Waals surface area contributed by atoms with Crippen LogP contribution in [0.4, 0.5) is 5.13 Å². The van der Waals surface area contributed by atoms with Crippen molar-refractivity contribution in [3.05, 3.63) is 45.2 Å². The normalized spacial score (nSPS) is 13.6. The molecule has 0 fully saturated rings. The molecule has 24 heavy (non-hydrogen) atoms. The van der Waals surface area contributed by atoms with Gasteiger partial charge >= 0.3 is 0 Å². The predicted molar refractivity (Wildman–Crippen MR) is 92.3 cm³/mol. The molecule has 0 saturated carbocycles. The Kier molecular flexibility index (Phi) is 4.19. The molecule has 0 aliphatic heterocycles. The fraction of sp³-hybridized carbons (Fsp3) is 0.294. The first kappa shape index (κ1) is 16.3. The Morgan fingerprint density at radius 2 is 2.04 bits per heavy atom. The molecule has 0 unspecified atom stereocenters. The summed E-state index contributed by atoms with van der Waals surface area (Å²) in [6.45, 7) is 5.18. The highest BCUT2D eigenvalue weighted by molar-refractivity contribution is 7.16. The van der Waals surface area contributed by atoms with Crippen LogP contribution in [0.5, 0.6) is 0 Å². The SMILES string of the molecule is CC(=O)Nc1nc2c(s1)C(O)=C(C(=O)c1cnc(C)c(C)c1)CC2. The van der Waals surface area contributed by atoms with Gasteiger partial charge in [-0.05, 0) is 38.3 Å². The fourth-order valence-electron chi connectivity index (χ4n) is 2.57. The highest BCUT2D eigenvalue weighted by Gasteiger charge is 2.28. The van der Waals surface area contributed by atoms with Crippen molar-refractivity contribution in [1.82, 2.24) is 9.97 Å². The van der Waals surface area contributed by atoms with E-state index < -0.39 is 0 Å². The Morgan fingerprint density at radius 3 is 2.71 bits per heavy atom. The molecule has 7 heteroatoms. The number of Topliss-reactive ketones (excluding diaryl/α,β-unsaturated/α-hetero) is 1. The van der Waals surface area contributed by atoms with E-state index in [0.717, 1.165) is 11.3 Å². The van der Waals surface area contributed by atoms with Crippen molar-refractivity contribution in [2.24, 2.45) is 0 Å². The van der Waals surface area contributed by atoms with Gasteiger partial charge in [-0.15, -0.1) is 0 Å². The number of hydrogen-bond donors (Lipinski definition) is 2. The molecule has 0 bridgehead atoms. The Morgan fingerprint density at radius 1 is 1.29 bits per heavy atom. The third-order valence-electron chi connectivity index (χ3n) is 3.97. The third kappa shape index (κ3) is 2.94. The van der Waals surface area contributed by atoms with Crippen LogP contribution < -0.4 is 5.32 Å². The van der Waals surface area contributed by atoms with Crippen LogP contribution in [0.2, 0.25) is 0 Å². The Labute approximate surface area is 143 Å². The monoisotopic (exact) mass is 343 g/mol. The Bertz CT molecular complexity index is 883. The van der Waals surface area contributed by atoms with Crippen molar-refractivity contribution < 1.29 is 14.7 Å². The van der Waals surface area contributed by atoms with E-state index in [1.54, 1.807) is 6.07 Å². The van der Waals surface area contributed by atoms with Crippen LogP contribution in [0.15, 0.2) is 17.8 Å². The minimum atomic E-state index is -0.220. The van der Waals surface area contributed by atoms with E-state index in [9.17, 15) is 14.7 Å². The van der Waals surface area contributed by atoms with Gasteiger partial charge in [-0.25, -0.2) is 4.98 Å². The maximum atomic E-state index is 12.7. The number of aliphatic hydroxyl groups is 1. The number of nitrogens with one attached hydrogen (secondary N) is 1. The number of aryl methyl sites for hydroxylation is 3. The van der Waals surface area contributed by atoms with Crippen LogP contribution in [0.25, 0.3) is 5.76 Å². The van der Waals surface area contributed by atoms with Gasteiger partial charge in [-0.2, -0.15) is 0 Å². The van der Waals surface area contributed by atoms with Gasteiger partial charge in [-0.1, -0.05) is 11.3 Å². The molecule has 1 aliphatic carbocycles. The second-order valence-corrected chi connectivity index (χ2v) is 6.76. The molecule has 1 amide bonds. The molecule has 0 saturated heterocycles. The van der Waals surface area contributed by atoms with E-state index in [2.05, 4.69) is 15.3 Å². The Balaban J connectivity index is 1.97. The van der Waals surface area contributed by atoms with E-state index in [4.69, 9.17) is 0 Å². The molecule has 2 N–H and O–H groups in total. The van der Waals surface area contributed by atoms with Crippen LogP contribution in [0.3, 0.4) is 0 Å². The number of thiazole rings is 1. The third-order valence-corrected chi connectivity index (χ3v) is 4.99. The highest BCUT2D eigenvalue weighted by Crippen LogP contribution is 2.37. The average molecular weight is 343 g/mol. The quantitative estimate of drug-likeness (QED) is 0.835. The number of anilines is 1. The van der Waals surface area contributed by atoms with Crippen molar-refractivity contribution in [1.29, 1.82) is 0 Å². The fourth-order valence-corrected chi connectivity index (χ4v) is 3.60. The van der Waals surface area contributed by atoms with Crippen LogP contribution in [0.1, 0.15) is 45.5 Å². The van der Waals surface area contributed by atoms with E-state index in [-0.39, 0.29) is 17.4 Å². The minimum absolute atomic E-state index is 0.0476. The second-order valence-electron chi connectivity index (χ2n) is 5.76. The number of nitrogens with zero attached hydrogens (tertiary/aromatic N) is 2. The predicted octanol–water partition coefficient (Wildman–Crippen LogP) is 3.21. The number of hydrogen-bond acceptors (Lipinski definition) is 6. The molecule has 2 heterocycles. The van der Waals surface area contributed by atoms with Gasteiger partial charge in [0.05, 0.1) is 10.6 Å². The number of aliphatic hydroxyl groups excluding tert-OH is 1. The lowest BCUT2D eigenvalue weighted by Crippen LogP contribution is -2.13. The molecule has 2 aromatic heterocycles. The van der Waals surface area contributed by atoms with E-state index >= 15 is 0 Å². The number of rotatable bonds is 3. The van der Waals surface area contributed by atoms with Crippen molar-refractivity contribution in [2.45, 2.75) is 33.6 Å². The molecule has 2 aromatic rings. The largest absolute Gasteiger partial charge is 0.506 e. The zero-order chi connectivity index (χ0) is 17.4. The van der Waals surface area contributed by atoms with Crippen molar-refractivity contribution in [3.8, 4) is 0 Å². The zero-order valence-corrected chi connectivity index (χ0v) is 14.5. The number of fused-ring (bicyclic) bond motifs is 1. The summed E-state index contributed by atoms with van der Waals surface area (Å²) in [5.41, 5.74) is 3.34. The van der Waals surface area contributed by atoms with Gasteiger partial charge in [0.25, 0.3) is 0 Å². The molecule has 6 nitrogen and oxygen atoms in total. The summed E-state index contributed by atoms with van der Waals surface area (Å²) in [5, 5.41) is 13.6. The number of carbonyl (C=O) groups is 2. The molecule has 1 aliphatic rings. The van der Waals surface area contributed by atoms with E-state index in [1.807, 2.05) is 13.8 Å². The van der Waals surface area contributed by atoms with E-state index in [0.29, 0.717) is 39.7 Å². The van der Waals surface area contributed by atoms with Gasteiger partial charge in [0.2, 0.25) is 5.91 Å². The maximum Gasteiger partial charge on any atom is 0.223 e. The number of ketones is 1. The summed E-state index contributed by atoms with van der Waals surface area (Å²) in [6, 6.07) is 1.79. The highest BCUT2D eigenvalue weighted by atomic mass is 32.1. The summed E-state index contributed by atoms with van der Waals surface area (Å²) in [4.78, 5) is 32.9. The van der Waals surface area contributed by atoms with Crippen LogP contribution in [0, 0.1) is 13.8 Å². The number of allylic oxidation sites excluding steroid dienone is 1. The minimum Gasteiger partial charge on any atom is -0.506 e. The molecule has 0 atom stereocenters. The summed E-state index contributed by atoms with van der Waals surface area (Å²) >= 11 is 1.17. The molecule has 0 spiro atoms. The smallest absolute Gasteiger partial charge is 0.223 e. The van der Waals surface area contributed by atoms with Crippen LogP contribution in [-0.2, 0) is 11.2 Å². The number of aromatic nitrogens is 2. The standard InChI is InChI=1S/C17H17N3O3S/c1-8-6-11(7-18-9(8)2)14(22)12-4-5-13-16(15(12)23)24-17(20-13)19-10(3)21/h6-7,23H,4-5H2,1-3H3,(H,19,20,21). The van der Waals surface area contributed by atoms with Crippen LogP contribution in [-0.4, -0.2) is 26.8 Å². The van der Waals surface area contributed by atoms with Gasteiger partial charge < -0.3 is 10.4 Å². The van der Waals surface area contributed by atoms with Crippen molar-refractivity contribution in [2.75, 3.05) is 5.32 Å². The first-order valence-electron chi connectivity index (χ1n) is 7.54.